The molecule has 0 unspecified atom stereocenters. The van der Waals surface area contributed by atoms with Crippen molar-refractivity contribution in [2.45, 2.75) is 26.5 Å². The first-order chi connectivity index (χ1) is 15.1. The van der Waals surface area contributed by atoms with E-state index in [-0.39, 0.29) is 6.61 Å². The van der Waals surface area contributed by atoms with E-state index in [1.54, 1.807) is 12.1 Å². The number of halogens is 3. The first-order valence-corrected chi connectivity index (χ1v) is 11.7. The Hall–Kier alpha value is -1.21. The second-order valence-electron chi connectivity index (χ2n) is 7.35. The van der Waals surface area contributed by atoms with Gasteiger partial charge < -0.3 is 19.5 Å². The van der Waals surface area contributed by atoms with Gasteiger partial charge in [-0.1, -0.05) is 40.9 Å². The second-order valence-corrected chi connectivity index (χ2v) is 8.60. The molecule has 0 saturated carbocycles. The third-order valence-corrected chi connectivity index (χ3v) is 5.88. The molecule has 1 N–H and O–H groups in total. The Morgan fingerprint density at radius 2 is 1.84 bits per heavy atom. The summed E-state index contributed by atoms with van der Waals surface area (Å²) in [5.41, 5.74) is 1.88. The predicted molar refractivity (Wildman–Crippen MR) is 127 cm³/mol. The van der Waals surface area contributed by atoms with Crippen LogP contribution in [-0.4, -0.2) is 50.9 Å². The van der Waals surface area contributed by atoms with E-state index in [0.717, 1.165) is 56.9 Å². The van der Waals surface area contributed by atoms with E-state index in [1.165, 1.54) is 0 Å². The highest BCUT2D eigenvalue weighted by atomic mass is 35.5. The monoisotopic (exact) mass is 486 g/mol. The molecule has 5 nitrogen and oxygen atoms in total. The van der Waals surface area contributed by atoms with Crippen molar-refractivity contribution < 1.29 is 14.2 Å². The van der Waals surface area contributed by atoms with Gasteiger partial charge in [-0.25, -0.2) is 0 Å². The Morgan fingerprint density at radius 3 is 2.58 bits per heavy atom. The lowest BCUT2D eigenvalue weighted by Crippen LogP contribution is -2.37. The molecule has 8 heteroatoms. The van der Waals surface area contributed by atoms with E-state index in [0.29, 0.717) is 39.7 Å². The van der Waals surface area contributed by atoms with Crippen LogP contribution in [0.25, 0.3) is 0 Å². The van der Waals surface area contributed by atoms with Gasteiger partial charge in [-0.05, 0) is 56.3 Å². The fraction of sp³-hybridized carbons (Fsp3) is 0.478. The Bertz CT molecular complexity index is 845. The molecular formula is C23H29Cl3N2O3. The number of nitrogens with one attached hydrogen (secondary N) is 1. The molecule has 0 radical (unpaired) electrons. The quantitative estimate of drug-likeness (QED) is 0.428. The second kappa shape index (κ2) is 12.7. The first-order valence-electron chi connectivity index (χ1n) is 10.6. The van der Waals surface area contributed by atoms with Crippen molar-refractivity contribution in [3.8, 4) is 11.5 Å². The number of morpholine rings is 1. The molecule has 3 rings (SSSR count). The van der Waals surface area contributed by atoms with Crippen LogP contribution in [0.1, 0.15) is 24.5 Å². The average Bonchev–Trinajstić information content (AvgIpc) is 2.75. The number of hydrogen-bond acceptors (Lipinski definition) is 5. The molecule has 1 aliphatic heterocycles. The van der Waals surface area contributed by atoms with Crippen LogP contribution in [0, 0.1) is 0 Å². The van der Waals surface area contributed by atoms with E-state index >= 15 is 0 Å². The highest BCUT2D eigenvalue weighted by Crippen LogP contribution is 2.37. The van der Waals surface area contributed by atoms with E-state index in [2.05, 4.69) is 10.2 Å². The van der Waals surface area contributed by atoms with Crippen LogP contribution in [0.2, 0.25) is 15.1 Å². The van der Waals surface area contributed by atoms with Crippen molar-refractivity contribution in [2.75, 3.05) is 46.0 Å². The summed E-state index contributed by atoms with van der Waals surface area (Å²) in [6.07, 6.45) is 1.09. The molecule has 2 aromatic carbocycles. The van der Waals surface area contributed by atoms with Gasteiger partial charge in [0.25, 0.3) is 0 Å². The van der Waals surface area contributed by atoms with Gasteiger partial charge in [-0.15, -0.1) is 0 Å². The first kappa shape index (κ1) is 24.4. The maximum absolute atomic E-state index is 6.54. The third-order valence-electron chi connectivity index (χ3n) is 5.02. The molecule has 1 saturated heterocycles. The highest BCUT2D eigenvalue weighted by molar-refractivity contribution is 6.35. The van der Waals surface area contributed by atoms with Crippen molar-refractivity contribution in [2.24, 2.45) is 0 Å². The molecule has 0 aliphatic carbocycles. The van der Waals surface area contributed by atoms with E-state index in [1.807, 2.05) is 25.1 Å². The molecule has 170 valence electrons. The summed E-state index contributed by atoms with van der Waals surface area (Å²) in [7, 11) is 0. The topological polar surface area (TPSA) is 43.0 Å². The van der Waals surface area contributed by atoms with Crippen LogP contribution in [0.4, 0.5) is 0 Å². The molecule has 0 aromatic heterocycles. The van der Waals surface area contributed by atoms with Crippen molar-refractivity contribution in [3.05, 3.63) is 56.5 Å². The Balaban J connectivity index is 1.54. The zero-order chi connectivity index (χ0) is 22.1. The van der Waals surface area contributed by atoms with E-state index in [4.69, 9.17) is 49.0 Å². The summed E-state index contributed by atoms with van der Waals surface area (Å²) in [6.45, 7) is 9.19. The van der Waals surface area contributed by atoms with Crippen LogP contribution in [0.5, 0.6) is 11.5 Å². The third kappa shape index (κ3) is 7.70. The smallest absolute Gasteiger partial charge is 0.180 e. The van der Waals surface area contributed by atoms with Crippen LogP contribution >= 0.6 is 34.8 Å². The van der Waals surface area contributed by atoms with Gasteiger partial charge in [0.1, 0.15) is 6.61 Å². The summed E-state index contributed by atoms with van der Waals surface area (Å²) in [6, 6.07) is 9.21. The summed E-state index contributed by atoms with van der Waals surface area (Å²) >= 11 is 18.8. The van der Waals surface area contributed by atoms with Gasteiger partial charge in [0.2, 0.25) is 0 Å². The molecule has 0 atom stereocenters. The average molecular weight is 488 g/mol. The SMILES string of the molecule is CCOc1cc(CNCCCN2CCOCC2)cc(Cl)c1OCc1ccc(Cl)cc1Cl. The van der Waals surface area contributed by atoms with Crippen LogP contribution in [0.15, 0.2) is 30.3 Å². The fourth-order valence-corrected chi connectivity index (χ4v) is 4.15. The van der Waals surface area contributed by atoms with Crippen LogP contribution in [-0.2, 0) is 17.9 Å². The molecule has 2 aromatic rings. The lowest BCUT2D eigenvalue weighted by Gasteiger charge is -2.26. The van der Waals surface area contributed by atoms with Gasteiger partial charge >= 0.3 is 0 Å². The maximum atomic E-state index is 6.54. The standard InChI is InChI=1S/C23H29Cl3N2O3/c1-2-30-22-13-17(15-27-6-3-7-28-8-10-29-11-9-28)12-21(26)23(22)31-16-18-4-5-19(24)14-20(18)25/h4-5,12-14,27H,2-3,6-11,15-16H2,1H3. The van der Waals surface area contributed by atoms with Gasteiger partial charge in [-0.3, -0.25) is 4.90 Å². The molecule has 0 amide bonds. The minimum Gasteiger partial charge on any atom is -0.490 e. The number of benzene rings is 2. The lowest BCUT2D eigenvalue weighted by molar-refractivity contribution is 0.0374. The van der Waals surface area contributed by atoms with Gasteiger partial charge in [0.05, 0.1) is 24.8 Å². The highest BCUT2D eigenvalue weighted by Gasteiger charge is 2.14. The number of hydrogen-bond donors (Lipinski definition) is 1. The largest absolute Gasteiger partial charge is 0.490 e. The normalized spacial score (nSPS) is 14.6. The molecule has 0 bridgehead atoms. The number of nitrogens with zero attached hydrogens (tertiary/aromatic N) is 1. The minimum atomic E-state index is 0.273. The maximum Gasteiger partial charge on any atom is 0.180 e. The van der Waals surface area contributed by atoms with E-state index in [9.17, 15) is 0 Å². The molecule has 0 spiro atoms. The number of ether oxygens (including phenoxy) is 3. The zero-order valence-corrected chi connectivity index (χ0v) is 20.0. The van der Waals surface area contributed by atoms with Crippen LogP contribution < -0.4 is 14.8 Å². The molecule has 1 aliphatic rings. The minimum absolute atomic E-state index is 0.273. The molecule has 31 heavy (non-hydrogen) atoms. The van der Waals surface area contributed by atoms with E-state index < -0.39 is 0 Å². The number of rotatable bonds is 11. The lowest BCUT2D eigenvalue weighted by atomic mass is 10.2. The molecular weight excluding hydrogens is 459 g/mol. The Labute approximate surface area is 199 Å². The Morgan fingerprint density at radius 1 is 1.03 bits per heavy atom. The van der Waals surface area contributed by atoms with Gasteiger partial charge in [0, 0.05) is 35.2 Å². The molecule has 1 fully saturated rings. The van der Waals surface area contributed by atoms with Gasteiger partial charge in [-0.2, -0.15) is 0 Å². The summed E-state index contributed by atoms with van der Waals surface area (Å²) in [4.78, 5) is 2.44. The van der Waals surface area contributed by atoms with Crippen LogP contribution in [0.3, 0.4) is 0 Å². The summed E-state index contributed by atoms with van der Waals surface area (Å²) < 4.78 is 17.2. The zero-order valence-electron chi connectivity index (χ0n) is 17.8. The summed E-state index contributed by atoms with van der Waals surface area (Å²) in [5, 5.41) is 5.14. The summed E-state index contributed by atoms with van der Waals surface area (Å²) in [5.74, 6) is 1.15. The Kier molecular flexibility index (Phi) is 10.0. The van der Waals surface area contributed by atoms with Crippen molar-refractivity contribution in [1.29, 1.82) is 0 Å². The molecule has 1 heterocycles. The fourth-order valence-electron chi connectivity index (χ4n) is 3.40. The van der Waals surface area contributed by atoms with Crippen molar-refractivity contribution >= 4 is 34.8 Å². The predicted octanol–water partition coefficient (Wildman–Crippen LogP) is 5.44. The van der Waals surface area contributed by atoms with Gasteiger partial charge in [0.15, 0.2) is 11.5 Å². The van der Waals surface area contributed by atoms with Crippen molar-refractivity contribution in [1.82, 2.24) is 10.2 Å². The van der Waals surface area contributed by atoms with Crippen molar-refractivity contribution in [3.63, 3.8) is 0 Å².